The first-order valence-corrected chi connectivity index (χ1v) is 7.73. The average Bonchev–Trinajstić information content (AvgIpc) is 2.45. The van der Waals surface area contributed by atoms with E-state index in [0.29, 0.717) is 25.4 Å². The summed E-state index contributed by atoms with van der Waals surface area (Å²) in [7, 11) is 0. The molecule has 0 atom stereocenters. The van der Waals surface area contributed by atoms with Crippen LogP contribution in [-0.2, 0) is 16.1 Å². The van der Waals surface area contributed by atoms with Gasteiger partial charge in [-0.15, -0.1) is 0 Å². The number of rotatable bonds is 6. The summed E-state index contributed by atoms with van der Waals surface area (Å²) >= 11 is 3.46. The topological polar surface area (TPSA) is 44.8 Å². The number of benzene rings is 1. The van der Waals surface area contributed by atoms with Crippen molar-refractivity contribution in [3.8, 4) is 11.5 Å². The Balaban J connectivity index is 1.91. The van der Waals surface area contributed by atoms with E-state index in [2.05, 4.69) is 22.9 Å². The average molecular weight is 343 g/mol. The van der Waals surface area contributed by atoms with Crippen LogP contribution in [0.2, 0.25) is 0 Å². The third-order valence-electron chi connectivity index (χ3n) is 3.08. The number of hydrogen-bond donors (Lipinski definition) is 0. The SMILES string of the molecule is CCCCCC(=O)OCc1cc2c(cc1Br)OCCO2. The smallest absolute Gasteiger partial charge is 0.306 e. The summed E-state index contributed by atoms with van der Waals surface area (Å²) in [6.07, 6.45) is 3.53. The minimum atomic E-state index is -0.153. The van der Waals surface area contributed by atoms with Gasteiger partial charge in [0.1, 0.15) is 19.8 Å². The molecule has 2 rings (SSSR count). The van der Waals surface area contributed by atoms with Crippen molar-refractivity contribution in [1.82, 2.24) is 0 Å². The Bertz CT molecular complexity index is 473. The van der Waals surface area contributed by atoms with Crippen LogP contribution in [0, 0.1) is 0 Å². The third kappa shape index (κ3) is 4.13. The number of carbonyl (C=O) groups is 1. The van der Waals surface area contributed by atoms with Gasteiger partial charge in [0.2, 0.25) is 0 Å². The van der Waals surface area contributed by atoms with Gasteiger partial charge >= 0.3 is 5.97 Å². The number of hydrogen-bond acceptors (Lipinski definition) is 4. The van der Waals surface area contributed by atoms with Crippen molar-refractivity contribution < 1.29 is 19.0 Å². The second-order valence-electron chi connectivity index (χ2n) is 4.71. The summed E-state index contributed by atoms with van der Waals surface area (Å²) < 4.78 is 17.2. The molecule has 0 aliphatic carbocycles. The van der Waals surface area contributed by atoms with E-state index in [4.69, 9.17) is 14.2 Å². The molecule has 0 fully saturated rings. The van der Waals surface area contributed by atoms with E-state index in [1.54, 1.807) is 0 Å². The molecule has 5 heteroatoms. The van der Waals surface area contributed by atoms with Gasteiger partial charge in [-0.3, -0.25) is 4.79 Å². The molecular formula is C15H19BrO4. The van der Waals surface area contributed by atoms with Gasteiger partial charge < -0.3 is 14.2 Å². The van der Waals surface area contributed by atoms with Crippen LogP contribution < -0.4 is 9.47 Å². The van der Waals surface area contributed by atoms with Crippen molar-refractivity contribution in [2.24, 2.45) is 0 Å². The largest absolute Gasteiger partial charge is 0.486 e. The van der Waals surface area contributed by atoms with Gasteiger partial charge in [0.25, 0.3) is 0 Å². The summed E-state index contributed by atoms with van der Waals surface area (Å²) in [5.41, 5.74) is 0.887. The van der Waals surface area contributed by atoms with E-state index in [0.717, 1.165) is 35.0 Å². The second kappa shape index (κ2) is 7.53. The van der Waals surface area contributed by atoms with E-state index in [1.807, 2.05) is 12.1 Å². The van der Waals surface area contributed by atoms with Crippen LogP contribution in [0.25, 0.3) is 0 Å². The Labute approximate surface area is 127 Å². The van der Waals surface area contributed by atoms with Crippen LogP contribution >= 0.6 is 15.9 Å². The highest BCUT2D eigenvalue weighted by molar-refractivity contribution is 9.10. The van der Waals surface area contributed by atoms with Gasteiger partial charge in [-0.1, -0.05) is 35.7 Å². The molecule has 1 aliphatic heterocycles. The molecule has 1 aromatic carbocycles. The Morgan fingerprint density at radius 2 is 1.95 bits per heavy atom. The summed E-state index contributed by atoms with van der Waals surface area (Å²) in [6.45, 7) is 3.47. The third-order valence-corrected chi connectivity index (χ3v) is 3.82. The highest BCUT2D eigenvalue weighted by Crippen LogP contribution is 2.35. The molecule has 0 saturated heterocycles. The minimum Gasteiger partial charge on any atom is -0.486 e. The quantitative estimate of drug-likeness (QED) is 0.581. The predicted molar refractivity (Wildman–Crippen MR) is 79.1 cm³/mol. The molecule has 0 aromatic heterocycles. The van der Waals surface area contributed by atoms with Crippen LogP contribution in [0.4, 0.5) is 0 Å². The molecule has 0 saturated carbocycles. The number of unbranched alkanes of at least 4 members (excludes halogenated alkanes) is 2. The number of esters is 1. The lowest BCUT2D eigenvalue weighted by molar-refractivity contribution is -0.145. The van der Waals surface area contributed by atoms with E-state index >= 15 is 0 Å². The van der Waals surface area contributed by atoms with E-state index in [9.17, 15) is 4.79 Å². The van der Waals surface area contributed by atoms with Crippen molar-refractivity contribution in [2.45, 2.75) is 39.2 Å². The van der Waals surface area contributed by atoms with Crippen molar-refractivity contribution in [3.05, 3.63) is 22.2 Å². The molecule has 0 amide bonds. The number of fused-ring (bicyclic) bond motifs is 1. The van der Waals surface area contributed by atoms with Crippen LogP contribution in [0.3, 0.4) is 0 Å². The summed E-state index contributed by atoms with van der Waals surface area (Å²) in [4.78, 5) is 11.6. The normalized spacial score (nSPS) is 13.1. The van der Waals surface area contributed by atoms with Crippen LogP contribution in [0.15, 0.2) is 16.6 Å². The molecule has 1 aromatic rings. The molecule has 110 valence electrons. The van der Waals surface area contributed by atoms with Gasteiger partial charge in [0.15, 0.2) is 11.5 Å². The van der Waals surface area contributed by atoms with Crippen LogP contribution in [0.1, 0.15) is 38.2 Å². The highest BCUT2D eigenvalue weighted by atomic mass is 79.9. The zero-order chi connectivity index (χ0) is 14.4. The Morgan fingerprint density at radius 1 is 1.25 bits per heavy atom. The monoisotopic (exact) mass is 342 g/mol. The first-order valence-electron chi connectivity index (χ1n) is 6.94. The fourth-order valence-electron chi connectivity index (χ4n) is 1.97. The lowest BCUT2D eigenvalue weighted by Crippen LogP contribution is -2.15. The maximum absolute atomic E-state index is 11.6. The summed E-state index contributed by atoms with van der Waals surface area (Å²) in [5.74, 6) is 1.28. The van der Waals surface area contributed by atoms with E-state index < -0.39 is 0 Å². The lowest BCUT2D eigenvalue weighted by Gasteiger charge is -2.19. The van der Waals surface area contributed by atoms with Crippen molar-refractivity contribution in [3.63, 3.8) is 0 Å². The number of halogens is 1. The second-order valence-corrected chi connectivity index (χ2v) is 5.56. The van der Waals surface area contributed by atoms with Gasteiger partial charge in [-0.25, -0.2) is 0 Å². The van der Waals surface area contributed by atoms with E-state index in [-0.39, 0.29) is 12.6 Å². The Kier molecular flexibility index (Phi) is 5.71. The van der Waals surface area contributed by atoms with Gasteiger partial charge in [-0.05, 0) is 18.6 Å². The maximum atomic E-state index is 11.6. The first-order chi connectivity index (χ1) is 9.70. The van der Waals surface area contributed by atoms with Crippen molar-refractivity contribution in [1.29, 1.82) is 0 Å². The van der Waals surface area contributed by atoms with Gasteiger partial charge in [-0.2, -0.15) is 0 Å². The standard InChI is InChI=1S/C15H19BrO4/c1-2-3-4-5-15(17)20-10-11-8-13-14(9-12(11)16)19-7-6-18-13/h8-9H,2-7,10H2,1H3. The minimum absolute atomic E-state index is 0.153. The Hall–Kier alpha value is -1.23. The molecule has 0 unspecified atom stereocenters. The summed E-state index contributed by atoms with van der Waals surface area (Å²) in [6, 6.07) is 3.71. The predicted octanol–water partition coefficient (Wildman–Crippen LogP) is 3.84. The maximum Gasteiger partial charge on any atom is 0.306 e. The van der Waals surface area contributed by atoms with Gasteiger partial charge in [0.05, 0.1) is 0 Å². The molecule has 1 heterocycles. The molecule has 0 spiro atoms. The van der Waals surface area contributed by atoms with E-state index in [1.165, 1.54) is 0 Å². The van der Waals surface area contributed by atoms with Crippen molar-refractivity contribution >= 4 is 21.9 Å². The summed E-state index contributed by atoms with van der Waals surface area (Å²) in [5, 5.41) is 0. The first kappa shape index (κ1) is 15.2. The Morgan fingerprint density at radius 3 is 2.65 bits per heavy atom. The molecular weight excluding hydrogens is 324 g/mol. The molecule has 20 heavy (non-hydrogen) atoms. The fraction of sp³-hybridized carbons (Fsp3) is 0.533. The van der Waals surface area contributed by atoms with Crippen LogP contribution in [0.5, 0.6) is 11.5 Å². The number of ether oxygens (including phenoxy) is 3. The zero-order valence-corrected chi connectivity index (χ0v) is 13.2. The lowest BCUT2D eigenvalue weighted by atomic mass is 10.2. The number of carbonyl (C=O) groups excluding carboxylic acids is 1. The molecule has 0 radical (unpaired) electrons. The van der Waals surface area contributed by atoms with Crippen LogP contribution in [-0.4, -0.2) is 19.2 Å². The highest BCUT2D eigenvalue weighted by Gasteiger charge is 2.15. The van der Waals surface area contributed by atoms with Crippen molar-refractivity contribution in [2.75, 3.05) is 13.2 Å². The van der Waals surface area contributed by atoms with Gasteiger partial charge in [0, 0.05) is 16.5 Å². The molecule has 0 bridgehead atoms. The molecule has 4 nitrogen and oxygen atoms in total. The molecule has 0 N–H and O–H groups in total. The molecule has 1 aliphatic rings. The zero-order valence-electron chi connectivity index (χ0n) is 11.6. The fourth-order valence-corrected chi connectivity index (χ4v) is 2.40.